The largest absolute Gasteiger partial charge is 0.312 e. The summed E-state index contributed by atoms with van der Waals surface area (Å²) in [6.45, 7) is 5.99. The second-order valence-corrected chi connectivity index (χ2v) is 6.23. The summed E-state index contributed by atoms with van der Waals surface area (Å²) < 4.78 is 0. The molecule has 1 fully saturated rings. The molecule has 2 aromatic carbocycles. The van der Waals surface area contributed by atoms with Crippen LogP contribution in [-0.2, 0) is 11.2 Å². The average molecular weight is 317 g/mol. The minimum Gasteiger partial charge on any atom is -0.312 e. The zero-order chi connectivity index (χ0) is 16.9. The number of allylic oxidation sites excluding steroid dienone is 1. The van der Waals surface area contributed by atoms with Gasteiger partial charge in [0.25, 0.3) is 5.91 Å². The van der Waals surface area contributed by atoms with Gasteiger partial charge in [0.1, 0.15) is 0 Å². The second kappa shape index (κ2) is 7.31. The molecule has 1 aliphatic heterocycles. The molecule has 1 unspecified atom stereocenters. The SMILES string of the molecule is C=C1CC(Cc2ccc(-c3ccccc3)cc2)N(/C=C/CC)C1=O. The molecule has 1 saturated heterocycles. The maximum absolute atomic E-state index is 12.2. The first kappa shape index (κ1) is 16.3. The standard InChI is InChI=1S/C22H23NO/c1-3-4-14-23-21(15-17(2)22(23)24)16-18-10-12-20(13-11-18)19-8-6-5-7-9-19/h4-14,21H,2-3,15-16H2,1H3/b14-4+. The molecule has 0 N–H and O–H groups in total. The maximum atomic E-state index is 12.2. The fourth-order valence-electron chi connectivity index (χ4n) is 3.13. The van der Waals surface area contributed by atoms with Crippen molar-refractivity contribution in [2.45, 2.75) is 32.2 Å². The van der Waals surface area contributed by atoms with Crippen LogP contribution >= 0.6 is 0 Å². The van der Waals surface area contributed by atoms with Gasteiger partial charge in [0.15, 0.2) is 0 Å². The fourth-order valence-corrected chi connectivity index (χ4v) is 3.13. The van der Waals surface area contributed by atoms with Gasteiger partial charge in [-0.25, -0.2) is 0 Å². The topological polar surface area (TPSA) is 20.3 Å². The third-order valence-electron chi connectivity index (χ3n) is 4.45. The minimum absolute atomic E-state index is 0.0607. The van der Waals surface area contributed by atoms with E-state index in [0.717, 1.165) is 19.3 Å². The molecular weight excluding hydrogens is 294 g/mol. The van der Waals surface area contributed by atoms with E-state index < -0.39 is 0 Å². The van der Waals surface area contributed by atoms with Crippen LogP contribution in [0, 0.1) is 0 Å². The lowest BCUT2D eigenvalue weighted by molar-refractivity contribution is -0.123. The van der Waals surface area contributed by atoms with Gasteiger partial charge in [0.05, 0.1) is 0 Å². The first-order valence-corrected chi connectivity index (χ1v) is 8.50. The Hall–Kier alpha value is -2.61. The molecule has 1 heterocycles. The zero-order valence-electron chi connectivity index (χ0n) is 14.1. The number of carbonyl (C=O) groups excluding carboxylic acids is 1. The lowest BCUT2D eigenvalue weighted by Crippen LogP contribution is -2.29. The number of likely N-dealkylation sites (tertiary alicyclic amines) is 1. The summed E-state index contributed by atoms with van der Waals surface area (Å²) in [5, 5.41) is 0. The first-order chi connectivity index (χ1) is 11.7. The molecule has 24 heavy (non-hydrogen) atoms. The predicted octanol–water partition coefficient (Wildman–Crippen LogP) is 4.98. The summed E-state index contributed by atoms with van der Waals surface area (Å²) in [7, 11) is 0. The number of rotatable bonds is 5. The Labute approximate surface area is 144 Å². The van der Waals surface area contributed by atoms with Crippen molar-refractivity contribution in [3.05, 3.63) is 84.6 Å². The van der Waals surface area contributed by atoms with Crippen molar-refractivity contribution in [2.75, 3.05) is 0 Å². The van der Waals surface area contributed by atoms with E-state index in [0.29, 0.717) is 5.57 Å². The smallest absolute Gasteiger partial charge is 0.253 e. The molecule has 0 aromatic heterocycles. The van der Waals surface area contributed by atoms with Crippen molar-refractivity contribution in [1.82, 2.24) is 4.90 Å². The minimum atomic E-state index is 0.0607. The number of amides is 1. The molecule has 0 saturated carbocycles. The van der Waals surface area contributed by atoms with Crippen molar-refractivity contribution in [1.29, 1.82) is 0 Å². The molecule has 122 valence electrons. The highest BCUT2D eigenvalue weighted by molar-refractivity contribution is 5.96. The van der Waals surface area contributed by atoms with Gasteiger partial charge >= 0.3 is 0 Å². The van der Waals surface area contributed by atoms with E-state index in [4.69, 9.17) is 0 Å². The summed E-state index contributed by atoms with van der Waals surface area (Å²) in [5.41, 5.74) is 4.40. The monoisotopic (exact) mass is 317 g/mol. The van der Waals surface area contributed by atoms with Crippen LogP contribution in [0.3, 0.4) is 0 Å². The third kappa shape index (κ3) is 3.48. The molecule has 2 aromatic rings. The molecule has 1 atom stereocenters. The highest BCUT2D eigenvalue weighted by atomic mass is 16.2. The van der Waals surface area contributed by atoms with E-state index in [1.807, 2.05) is 23.2 Å². The van der Waals surface area contributed by atoms with Gasteiger partial charge in [-0.1, -0.05) is 74.2 Å². The van der Waals surface area contributed by atoms with Crippen molar-refractivity contribution >= 4 is 5.91 Å². The quantitative estimate of drug-likeness (QED) is 0.712. The molecule has 2 heteroatoms. The Balaban J connectivity index is 1.74. The summed E-state index contributed by atoms with van der Waals surface area (Å²) in [5.74, 6) is 0.0607. The Bertz CT molecular complexity index is 743. The zero-order valence-corrected chi connectivity index (χ0v) is 14.1. The first-order valence-electron chi connectivity index (χ1n) is 8.50. The van der Waals surface area contributed by atoms with Gasteiger partial charge in [-0.15, -0.1) is 0 Å². The van der Waals surface area contributed by atoms with Crippen LogP contribution in [0.4, 0.5) is 0 Å². The number of carbonyl (C=O) groups is 1. The van der Waals surface area contributed by atoms with Crippen LogP contribution < -0.4 is 0 Å². The Morgan fingerprint density at radius 1 is 1.08 bits per heavy atom. The summed E-state index contributed by atoms with van der Waals surface area (Å²) in [4.78, 5) is 14.1. The molecule has 1 amide bonds. The lowest BCUT2D eigenvalue weighted by atomic mass is 9.99. The highest BCUT2D eigenvalue weighted by Gasteiger charge is 2.32. The maximum Gasteiger partial charge on any atom is 0.253 e. The van der Waals surface area contributed by atoms with E-state index in [1.165, 1.54) is 16.7 Å². The summed E-state index contributed by atoms with van der Waals surface area (Å²) >= 11 is 0. The van der Waals surface area contributed by atoms with Crippen LogP contribution in [0.25, 0.3) is 11.1 Å². The van der Waals surface area contributed by atoms with Crippen LogP contribution in [-0.4, -0.2) is 16.8 Å². The van der Waals surface area contributed by atoms with Crippen molar-refractivity contribution < 1.29 is 4.79 Å². The Morgan fingerprint density at radius 3 is 2.42 bits per heavy atom. The van der Waals surface area contributed by atoms with Crippen molar-refractivity contribution in [3.63, 3.8) is 0 Å². The third-order valence-corrected chi connectivity index (χ3v) is 4.45. The number of hydrogen-bond acceptors (Lipinski definition) is 1. The predicted molar refractivity (Wildman–Crippen MR) is 99.4 cm³/mol. The van der Waals surface area contributed by atoms with Gasteiger partial charge in [-0.2, -0.15) is 0 Å². The molecule has 0 bridgehead atoms. The van der Waals surface area contributed by atoms with Crippen LogP contribution in [0.1, 0.15) is 25.3 Å². The van der Waals surface area contributed by atoms with Gasteiger partial charge in [0, 0.05) is 17.8 Å². The van der Waals surface area contributed by atoms with E-state index >= 15 is 0 Å². The van der Waals surface area contributed by atoms with Crippen LogP contribution in [0.5, 0.6) is 0 Å². The number of nitrogens with zero attached hydrogens (tertiary/aromatic N) is 1. The van der Waals surface area contributed by atoms with Gasteiger partial charge in [-0.3, -0.25) is 4.79 Å². The molecule has 0 radical (unpaired) electrons. The summed E-state index contributed by atoms with van der Waals surface area (Å²) in [6, 6.07) is 19.2. The van der Waals surface area contributed by atoms with E-state index in [1.54, 1.807) is 0 Å². The van der Waals surface area contributed by atoms with Crippen molar-refractivity contribution in [2.24, 2.45) is 0 Å². The lowest BCUT2D eigenvalue weighted by Gasteiger charge is -2.20. The number of hydrogen-bond donors (Lipinski definition) is 0. The van der Waals surface area contributed by atoms with E-state index in [2.05, 4.69) is 62.0 Å². The second-order valence-electron chi connectivity index (χ2n) is 6.23. The molecule has 0 spiro atoms. The highest BCUT2D eigenvalue weighted by Crippen LogP contribution is 2.27. The Kier molecular flexibility index (Phi) is 4.95. The van der Waals surface area contributed by atoms with Crippen LogP contribution in [0.2, 0.25) is 0 Å². The molecule has 0 aliphatic carbocycles. The Morgan fingerprint density at radius 2 is 1.75 bits per heavy atom. The van der Waals surface area contributed by atoms with Crippen LogP contribution in [0.15, 0.2) is 79.0 Å². The van der Waals surface area contributed by atoms with Gasteiger partial charge in [0.2, 0.25) is 0 Å². The molecule has 1 aliphatic rings. The molecule has 2 nitrogen and oxygen atoms in total. The van der Waals surface area contributed by atoms with Crippen molar-refractivity contribution in [3.8, 4) is 11.1 Å². The summed E-state index contributed by atoms with van der Waals surface area (Å²) in [6.07, 6.45) is 6.47. The van der Waals surface area contributed by atoms with E-state index in [9.17, 15) is 4.79 Å². The fraction of sp³-hybridized carbons (Fsp3) is 0.227. The average Bonchev–Trinajstić information content (AvgIpc) is 2.88. The normalized spacial score (nSPS) is 17.9. The van der Waals surface area contributed by atoms with Gasteiger partial charge < -0.3 is 4.90 Å². The van der Waals surface area contributed by atoms with E-state index in [-0.39, 0.29) is 11.9 Å². The number of benzene rings is 2. The van der Waals surface area contributed by atoms with Gasteiger partial charge in [-0.05, 0) is 36.0 Å². The molecular formula is C22H23NO. The molecule has 3 rings (SSSR count).